The molecule has 5 heteroatoms. The number of thiazole rings is 1. The summed E-state index contributed by atoms with van der Waals surface area (Å²) in [6, 6.07) is 0. The van der Waals surface area contributed by atoms with Crippen molar-refractivity contribution >= 4 is 33.2 Å². The maximum atomic E-state index is 11.3. The van der Waals surface area contributed by atoms with E-state index in [9.17, 15) is 4.79 Å². The van der Waals surface area contributed by atoms with E-state index >= 15 is 0 Å². The monoisotopic (exact) mass is 263 g/mol. The van der Waals surface area contributed by atoms with Crippen molar-refractivity contribution in [2.45, 2.75) is 26.4 Å². The second-order valence-electron chi connectivity index (χ2n) is 2.61. The number of halogens is 1. The molecule has 0 aliphatic heterocycles. The van der Waals surface area contributed by atoms with E-state index in [-0.39, 0.29) is 12.1 Å². The molecule has 1 aromatic heterocycles. The van der Waals surface area contributed by atoms with Crippen LogP contribution in [0.2, 0.25) is 0 Å². The van der Waals surface area contributed by atoms with Gasteiger partial charge in [-0.3, -0.25) is 0 Å². The first-order valence-electron chi connectivity index (χ1n) is 3.95. The van der Waals surface area contributed by atoms with Gasteiger partial charge in [-0.05, 0) is 29.3 Å². The van der Waals surface area contributed by atoms with Crippen LogP contribution in [0.1, 0.15) is 30.8 Å². The number of aromatic nitrogens is 1. The van der Waals surface area contributed by atoms with Gasteiger partial charge in [0.1, 0.15) is 0 Å². The van der Waals surface area contributed by atoms with Crippen molar-refractivity contribution in [2.24, 2.45) is 0 Å². The summed E-state index contributed by atoms with van der Waals surface area (Å²) in [7, 11) is 0. The lowest BCUT2D eigenvalue weighted by Crippen LogP contribution is -2.14. The van der Waals surface area contributed by atoms with Gasteiger partial charge in [0.05, 0.1) is 6.10 Å². The first-order valence-corrected chi connectivity index (χ1v) is 5.62. The molecular weight excluding hydrogens is 254 g/mol. The van der Waals surface area contributed by atoms with Crippen LogP contribution in [0.15, 0.2) is 9.30 Å². The highest BCUT2D eigenvalue weighted by Crippen LogP contribution is 2.17. The predicted octanol–water partition coefficient (Wildman–Crippen LogP) is 2.86. The van der Waals surface area contributed by atoms with Crippen LogP contribution in [0.5, 0.6) is 0 Å². The van der Waals surface area contributed by atoms with Crippen LogP contribution >= 0.6 is 27.3 Å². The fourth-order valence-electron chi connectivity index (χ4n) is 0.672. The zero-order valence-corrected chi connectivity index (χ0v) is 9.81. The number of nitrogens with zero attached hydrogens (tertiary/aromatic N) is 1. The standard InChI is InChI=1S/C8H10BrNO2S/c1-3-5(2)12-7(11)6-4-13-8(9)10-6/h4-5H,3H2,1-2H3. The molecular formula is C8H10BrNO2S. The summed E-state index contributed by atoms with van der Waals surface area (Å²) in [5, 5.41) is 1.68. The quantitative estimate of drug-likeness (QED) is 0.788. The third-order valence-electron chi connectivity index (χ3n) is 1.57. The smallest absolute Gasteiger partial charge is 0.358 e. The number of ether oxygens (including phenoxy) is 1. The van der Waals surface area contributed by atoms with Gasteiger partial charge >= 0.3 is 5.97 Å². The van der Waals surface area contributed by atoms with Crippen molar-refractivity contribution in [1.29, 1.82) is 0 Å². The summed E-state index contributed by atoms with van der Waals surface area (Å²) in [6.45, 7) is 3.83. The largest absolute Gasteiger partial charge is 0.458 e. The van der Waals surface area contributed by atoms with E-state index in [0.29, 0.717) is 9.61 Å². The molecule has 1 atom stereocenters. The maximum Gasteiger partial charge on any atom is 0.358 e. The molecule has 1 heterocycles. The molecule has 1 rings (SSSR count). The zero-order valence-electron chi connectivity index (χ0n) is 7.41. The molecule has 0 radical (unpaired) electrons. The maximum absolute atomic E-state index is 11.3. The Morgan fingerprint density at radius 1 is 1.85 bits per heavy atom. The number of rotatable bonds is 3. The Morgan fingerprint density at radius 2 is 2.54 bits per heavy atom. The average molecular weight is 264 g/mol. The first kappa shape index (κ1) is 10.7. The normalized spacial score (nSPS) is 12.5. The molecule has 0 fully saturated rings. The van der Waals surface area contributed by atoms with Gasteiger partial charge in [-0.15, -0.1) is 11.3 Å². The molecule has 0 amide bonds. The van der Waals surface area contributed by atoms with Gasteiger partial charge in [0.25, 0.3) is 0 Å². The summed E-state index contributed by atoms with van der Waals surface area (Å²) < 4.78 is 5.78. The highest BCUT2D eigenvalue weighted by Gasteiger charge is 2.13. The lowest BCUT2D eigenvalue weighted by atomic mass is 10.3. The van der Waals surface area contributed by atoms with Gasteiger partial charge in [0.2, 0.25) is 0 Å². The minimum atomic E-state index is -0.351. The summed E-state index contributed by atoms with van der Waals surface area (Å²) >= 11 is 4.56. The first-order chi connectivity index (χ1) is 6.13. The molecule has 0 aliphatic rings. The van der Waals surface area contributed by atoms with E-state index in [1.54, 1.807) is 5.38 Å². The van der Waals surface area contributed by atoms with E-state index in [1.807, 2.05) is 13.8 Å². The second-order valence-corrected chi connectivity index (χ2v) is 4.74. The fraction of sp³-hybridized carbons (Fsp3) is 0.500. The van der Waals surface area contributed by atoms with E-state index in [0.717, 1.165) is 6.42 Å². The Balaban J connectivity index is 2.58. The van der Waals surface area contributed by atoms with E-state index in [4.69, 9.17) is 4.74 Å². The highest BCUT2D eigenvalue weighted by molar-refractivity contribution is 9.11. The van der Waals surface area contributed by atoms with Crippen molar-refractivity contribution in [3.63, 3.8) is 0 Å². The zero-order chi connectivity index (χ0) is 9.84. The Morgan fingerprint density at radius 3 is 3.00 bits per heavy atom. The summed E-state index contributed by atoms with van der Waals surface area (Å²) in [4.78, 5) is 15.3. The number of hydrogen-bond donors (Lipinski definition) is 0. The minimum absolute atomic E-state index is 0.0482. The number of esters is 1. The Hall–Kier alpha value is -0.420. The number of hydrogen-bond acceptors (Lipinski definition) is 4. The molecule has 0 bridgehead atoms. The topological polar surface area (TPSA) is 39.2 Å². The summed E-state index contributed by atoms with van der Waals surface area (Å²) in [5.74, 6) is -0.351. The van der Waals surface area contributed by atoms with E-state index < -0.39 is 0 Å². The molecule has 1 unspecified atom stereocenters. The Bertz CT molecular complexity index is 300. The number of carbonyl (C=O) groups excluding carboxylic acids is 1. The molecule has 0 aromatic carbocycles. The molecule has 0 saturated heterocycles. The molecule has 72 valence electrons. The minimum Gasteiger partial charge on any atom is -0.458 e. The summed E-state index contributed by atoms with van der Waals surface area (Å²) in [5.41, 5.74) is 0.372. The van der Waals surface area contributed by atoms with Gasteiger partial charge in [-0.1, -0.05) is 6.92 Å². The van der Waals surface area contributed by atoms with Gasteiger partial charge < -0.3 is 4.74 Å². The van der Waals surface area contributed by atoms with Crippen molar-refractivity contribution in [2.75, 3.05) is 0 Å². The van der Waals surface area contributed by atoms with Crippen LogP contribution in [0, 0.1) is 0 Å². The fourth-order valence-corrected chi connectivity index (χ4v) is 1.65. The second kappa shape index (κ2) is 4.72. The van der Waals surface area contributed by atoms with Gasteiger partial charge in [-0.25, -0.2) is 9.78 Å². The molecule has 0 N–H and O–H groups in total. The highest BCUT2D eigenvalue weighted by atomic mass is 79.9. The van der Waals surface area contributed by atoms with Crippen LogP contribution in [-0.2, 0) is 4.74 Å². The van der Waals surface area contributed by atoms with Gasteiger partial charge in [0, 0.05) is 5.38 Å². The molecule has 13 heavy (non-hydrogen) atoms. The average Bonchev–Trinajstić information content (AvgIpc) is 2.51. The van der Waals surface area contributed by atoms with Gasteiger partial charge in [-0.2, -0.15) is 0 Å². The number of carbonyl (C=O) groups is 1. The summed E-state index contributed by atoms with van der Waals surface area (Å²) in [6.07, 6.45) is 0.768. The van der Waals surface area contributed by atoms with Crippen LogP contribution in [0.4, 0.5) is 0 Å². The molecule has 3 nitrogen and oxygen atoms in total. The van der Waals surface area contributed by atoms with Crippen LogP contribution in [0.25, 0.3) is 0 Å². The van der Waals surface area contributed by atoms with Crippen molar-refractivity contribution < 1.29 is 9.53 Å². The Kier molecular flexibility index (Phi) is 3.87. The van der Waals surface area contributed by atoms with E-state index in [2.05, 4.69) is 20.9 Å². The Labute approximate surface area is 89.3 Å². The van der Waals surface area contributed by atoms with Crippen LogP contribution < -0.4 is 0 Å². The van der Waals surface area contributed by atoms with Crippen molar-refractivity contribution in [3.8, 4) is 0 Å². The van der Waals surface area contributed by atoms with Crippen LogP contribution in [0.3, 0.4) is 0 Å². The molecule has 1 aromatic rings. The third-order valence-corrected chi connectivity index (χ3v) is 2.93. The third kappa shape index (κ3) is 3.08. The van der Waals surface area contributed by atoms with Crippen LogP contribution in [-0.4, -0.2) is 17.1 Å². The van der Waals surface area contributed by atoms with Crippen molar-refractivity contribution in [3.05, 3.63) is 15.0 Å². The van der Waals surface area contributed by atoms with Crippen molar-refractivity contribution in [1.82, 2.24) is 4.98 Å². The molecule has 0 saturated carbocycles. The van der Waals surface area contributed by atoms with Gasteiger partial charge in [0.15, 0.2) is 9.61 Å². The predicted molar refractivity (Wildman–Crippen MR) is 55.0 cm³/mol. The SMILES string of the molecule is CCC(C)OC(=O)c1csc(Br)n1. The van der Waals surface area contributed by atoms with E-state index in [1.165, 1.54) is 11.3 Å². The molecule has 0 aliphatic carbocycles. The lowest BCUT2D eigenvalue weighted by Gasteiger charge is -2.08. The lowest BCUT2D eigenvalue weighted by molar-refractivity contribution is 0.0328. The molecule has 0 spiro atoms.